The van der Waals surface area contributed by atoms with Crippen LogP contribution in [-0.2, 0) is 6.42 Å². The van der Waals surface area contributed by atoms with Crippen molar-refractivity contribution in [3.05, 3.63) is 47.7 Å². The molecule has 0 unspecified atom stereocenters. The van der Waals surface area contributed by atoms with Gasteiger partial charge in [-0.2, -0.15) is 0 Å². The Hall–Kier alpha value is -2.01. The van der Waals surface area contributed by atoms with Gasteiger partial charge < -0.3 is 5.43 Å². The maximum atomic E-state index is 5.53. The molecule has 2 aromatic rings. The predicted molar refractivity (Wildman–Crippen MR) is 78.1 cm³/mol. The highest BCUT2D eigenvalue weighted by Gasteiger charge is 2.20. The Labute approximate surface area is 118 Å². The fraction of sp³-hybridized carbons (Fsp3) is 0.400. The fourth-order valence-electron chi connectivity index (χ4n) is 2.79. The lowest BCUT2D eigenvalue weighted by molar-refractivity contribution is 0.686. The molecule has 3 N–H and O–H groups in total. The molecule has 5 heteroatoms. The SMILES string of the molecule is NNc1cc(C2CCCC2)nc(Cc2cccnc2)n1. The molecule has 0 bridgehead atoms. The topological polar surface area (TPSA) is 76.7 Å². The van der Waals surface area contributed by atoms with Gasteiger partial charge >= 0.3 is 0 Å². The average molecular weight is 269 g/mol. The van der Waals surface area contributed by atoms with Crippen LogP contribution >= 0.6 is 0 Å². The number of nitrogens with two attached hydrogens (primary N) is 1. The van der Waals surface area contributed by atoms with Crippen LogP contribution in [0.3, 0.4) is 0 Å². The van der Waals surface area contributed by atoms with Crippen molar-refractivity contribution >= 4 is 5.82 Å². The molecular formula is C15H19N5. The third-order valence-corrected chi connectivity index (χ3v) is 3.80. The molecule has 0 aromatic carbocycles. The van der Waals surface area contributed by atoms with E-state index in [2.05, 4.69) is 15.4 Å². The molecule has 1 fully saturated rings. The van der Waals surface area contributed by atoms with Crippen molar-refractivity contribution in [3.63, 3.8) is 0 Å². The molecule has 3 rings (SSSR count). The molecule has 0 atom stereocenters. The van der Waals surface area contributed by atoms with Crippen LogP contribution in [0.1, 0.15) is 48.7 Å². The van der Waals surface area contributed by atoms with E-state index in [1.165, 1.54) is 25.7 Å². The number of anilines is 1. The summed E-state index contributed by atoms with van der Waals surface area (Å²) in [5, 5.41) is 0. The summed E-state index contributed by atoms with van der Waals surface area (Å²) >= 11 is 0. The highest BCUT2D eigenvalue weighted by molar-refractivity contribution is 5.36. The van der Waals surface area contributed by atoms with E-state index in [-0.39, 0.29) is 0 Å². The number of rotatable bonds is 4. The third-order valence-electron chi connectivity index (χ3n) is 3.80. The molecule has 0 radical (unpaired) electrons. The largest absolute Gasteiger partial charge is 0.308 e. The Balaban J connectivity index is 1.87. The van der Waals surface area contributed by atoms with Crippen molar-refractivity contribution in [2.75, 3.05) is 5.43 Å². The monoisotopic (exact) mass is 269 g/mol. The maximum absolute atomic E-state index is 5.53. The second kappa shape index (κ2) is 5.96. The number of hydrogen-bond acceptors (Lipinski definition) is 5. The van der Waals surface area contributed by atoms with E-state index in [0.29, 0.717) is 18.2 Å². The summed E-state index contributed by atoms with van der Waals surface area (Å²) < 4.78 is 0. The summed E-state index contributed by atoms with van der Waals surface area (Å²) in [7, 11) is 0. The number of hydrogen-bond donors (Lipinski definition) is 2. The van der Waals surface area contributed by atoms with Crippen LogP contribution in [0.4, 0.5) is 5.82 Å². The number of aromatic nitrogens is 3. The number of hydrazine groups is 1. The lowest BCUT2D eigenvalue weighted by Crippen LogP contribution is -2.13. The van der Waals surface area contributed by atoms with Crippen LogP contribution in [0.15, 0.2) is 30.6 Å². The lowest BCUT2D eigenvalue weighted by Gasteiger charge is -2.12. The van der Waals surface area contributed by atoms with Crippen molar-refractivity contribution in [3.8, 4) is 0 Å². The van der Waals surface area contributed by atoms with Crippen LogP contribution in [0.5, 0.6) is 0 Å². The van der Waals surface area contributed by atoms with Crippen LogP contribution in [0.2, 0.25) is 0 Å². The van der Waals surface area contributed by atoms with E-state index < -0.39 is 0 Å². The highest BCUT2D eigenvalue weighted by atomic mass is 15.3. The Morgan fingerprint density at radius 1 is 1.25 bits per heavy atom. The van der Waals surface area contributed by atoms with E-state index in [0.717, 1.165) is 17.1 Å². The van der Waals surface area contributed by atoms with Gasteiger partial charge in [0.25, 0.3) is 0 Å². The van der Waals surface area contributed by atoms with Crippen molar-refractivity contribution < 1.29 is 0 Å². The average Bonchev–Trinajstić information content (AvgIpc) is 3.02. The third kappa shape index (κ3) is 2.93. The molecule has 1 aliphatic carbocycles. The van der Waals surface area contributed by atoms with Gasteiger partial charge in [0.1, 0.15) is 11.6 Å². The number of pyridine rings is 1. The van der Waals surface area contributed by atoms with Gasteiger partial charge in [0.15, 0.2) is 0 Å². The molecule has 0 aliphatic heterocycles. The maximum Gasteiger partial charge on any atom is 0.143 e. The van der Waals surface area contributed by atoms with Gasteiger partial charge in [0.2, 0.25) is 0 Å². The zero-order valence-corrected chi connectivity index (χ0v) is 11.4. The second-order valence-electron chi connectivity index (χ2n) is 5.26. The summed E-state index contributed by atoms with van der Waals surface area (Å²) in [4.78, 5) is 13.3. The smallest absolute Gasteiger partial charge is 0.143 e. The molecule has 2 aromatic heterocycles. The summed E-state index contributed by atoms with van der Waals surface area (Å²) in [5.41, 5.74) is 4.88. The minimum atomic E-state index is 0.553. The van der Waals surface area contributed by atoms with Crippen molar-refractivity contribution in [2.24, 2.45) is 5.84 Å². The summed E-state index contributed by atoms with van der Waals surface area (Å²) in [6.07, 6.45) is 9.31. The Morgan fingerprint density at radius 2 is 2.10 bits per heavy atom. The first kappa shape index (κ1) is 13.0. The van der Waals surface area contributed by atoms with E-state index in [1.807, 2.05) is 24.4 Å². The van der Waals surface area contributed by atoms with Gasteiger partial charge in [-0.15, -0.1) is 0 Å². The fourth-order valence-corrected chi connectivity index (χ4v) is 2.79. The molecule has 1 saturated carbocycles. The lowest BCUT2D eigenvalue weighted by atomic mass is 10.0. The van der Waals surface area contributed by atoms with Gasteiger partial charge in [-0.3, -0.25) is 4.98 Å². The molecule has 104 valence electrons. The standard InChI is InChI=1S/C15H19N5/c16-20-15-9-13(12-5-1-2-6-12)18-14(19-15)8-11-4-3-7-17-10-11/h3-4,7,9-10,12H,1-2,5-6,8,16H2,(H,18,19,20). The second-order valence-corrected chi connectivity index (χ2v) is 5.26. The van der Waals surface area contributed by atoms with Crippen LogP contribution in [0.25, 0.3) is 0 Å². The predicted octanol–water partition coefficient (Wildman–Crippen LogP) is 2.41. The minimum absolute atomic E-state index is 0.553. The van der Waals surface area contributed by atoms with Crippen LogP contribution < -0.4 is 11.3 Å². The van der Waals surface area contributed by atoms with Crippen LogP contribution in [0, 0.1) is 0 Å². The molecule has 0 spiro atoms. The van der Waals surface area contributed by atoms with Gasteiger partial charge in [-0.25, -0.2) is 15.8 Å². The summed E-state index contributed by atoms with van der Waals surface area (Å²) in [6.45, 7) is 0. The zero-order valence-electron chi connectivity index (χ0n) is 11.4. The first-order valence-corrected chi connectivity index (χ1v) is 7.08. The Morgan fingerprint density at radius 3 is 2.80 bits per heavy atom. The molecule has 5 nitrogen and oxygen atoms in total. The van der Waals surface area contributed by atoms with Crippen molar-refractivity contribution in [2.45, 2.75) is 38.0 Å². The quantitative estimate of drug-likeness (QED) is 0.658. The van der Waals surface area contributed by atoms with Crippen molar-refractivity contribution in [1.29, 1.82) is 0 Å². The summed E-state index contributed by atoms with van der Waals surface area (Å²) in [6, 6.07) is 5.94. The molecule has 0 saturated heterocycles. The Bertz CT molecular complexity index is 564. The highest BCUT2D eigenvalue weighted by Crippen LogP contribution is 2.33. The van der Waals surface area contributed by atoms with E-state index >= 15 is 0 Å². The number of nitrogens with zero attached hydrogens (tertiary/aromatic N) is 3. The minimum Gasteiger partial charge on any atom is -0.308 e. The molecule has 20 heavy (non-hydrogen) atoms. The van der Waals surface area contributed by atoms with Gasteiger partial charge in [-0.1, -0.05) is 18.9 Å². The van der Waals surface area contributed by atoms with E-state index in [4.69, 9.17) is 10.8 Å². The summed E-state index contributed by atoms with van der Waals surface area (Å²) in [5.74, 6) is 7.58. The normalized spacial score (nSPS) is 15.4. The first-order chi connectivity index (χ1) is 9.85. The van der Waals surface area contributed by atoms with Gasteiger partial charge in [-0.05, 0) is 24.5 Å². The number of nitrogens with one attached hydrogen (secondary N) is 1. The van der Waals surface area contributed by atoms with Crippen LogP contribution in [-0.4, -0.2) is 15.0 Å². The number of nitrogen functional groups attached to an aromatic ring is 1. The van der Waals surface area contributed by atoms with Gasteiger partial charge in [0.05, 0.1) is 0 Å². The molecule has 0 amide bonds. The zero-order chi connectivity index (χ0) is 13.8. The molecular weight excluding hydrogens is 250 g/mol. The molecule has 2 heterocycles. The molecule has 1 aliphatic rings. The van der Waals surface area contributed by atoms with Crippen molar-refractivity contribution in [1.82, 2.24) is 15.0 Å². The van der Waals surface area contributed by atoms with E-state index in [9.17, 15) is 0 Å². The van der Waals surface area contributed by atoms with E-state index in [1.54, 1.807) is 6.20 Å². The first-order valence-electron chi connectivity index (χ1n) is 7.08. The van der Waals surface area contributed by atoms with Gasteiger partial charge in [0, 0.05) is 36.5 Å². The Kier molecular flexibility index (Phi) is 3.87.